The van der Waals surface area contributed by atoms with Crippen molar-refractivity contribution in [2.75, 3.05) is 6.61 Å². The van der Waals surface area contributed by atoms with Gasteiger partial charge in [-0.15, -0.1) is 0 Å². The fraction of sp³-hybridized carbons (Fsp3) is 0.217. The van der Waals surface area contributed by atoms with E-state index in [2.05, 4.69) is 10.3 Å². The van der Waals surface area contributed by atoms with Crippen LogP contribution < -0.4 is 14.8 Å². The number of para-hydroxylation sites is 1. The number of hydrogen-bond acceptors (Lipinski definition) is 4. The number of amides is 1. The zero-order valence-electron chi connectivity index (χ0n) is 16.0. The molecule has 0 atom stereocenters. The number of carbonyl (C=O) groups excluding carboxylic acids is 1. The van der Waals surface area contributed by atoms with Crippen molar-refractivity contribution in [2.24, 2.45) is 0 Å². The molecule has 0 aliphatic rings. The minimum Gasteiger partial charge on any atom is -0.491 e. The Balaban J connectivity index is 1.33. The second-order valence-corrected chi connectivity index (χ2v) is 6.45. The molecule has 0 spiro atoms. The standard InChI is InChI=1S/C23H23FN2O3/c24-21-6-1-2-7-22(21)28-14-4-8-23(27)26-16-18-9-11-20(12-10-18)29-17-19-5-3-13-25-15-19/h1-3,5-7,9-13,15H,4,8,14,16-17H2,(H,26,27). The van der Waals surface area contributed by atoms with E-state index in [9.17, 15) is 9.18 Å². The summed E-state index contributed by atoms with van der Waals surface area (Å²) in [6.45, 7) is 1.19. The van der Waals surface area contributed by atoms with E-state index in [0.29, 0.717) is 26.0 Å². The molecule has 0 aliphatic carbocycles. The molecule has 0 saturated carbocycles. The van der Waals surface area contributed by atoms with Crippen LogP contribution in [-0.4, -0.2) is 17.5 Å². The second-order valence-electron chi connectivity index (χ2n) is 6.45. The predicted octanol–water partition coefficient (Wildman–Crippen LogP) is 4.28. The molecule has 3 aromatic rings. The van der Waals surface area contributed by atoms with Gasteiger partial charge in [-0.25, -0.2) is 4.39 Å². The lowest BCUT2D eigenvalue weighted by Gasteiger charge is -2.09. The largest absolute Gasteiger partial charge is 0.491 e. The van der Waals surface area contributed by atoms with Gasteiger partial charge in [0.15, 0.2) is 11.6 Å². The van der Waals surface area contributed by atoms with Gasteiger partial charge in [0.1, 0.15) is 12.4 Å². The number of hydrogen-bond donors (Lipinski definition) is 1. The fourth-order valence-corrected chi connectivity index (χ4v) is 2.62. The van der Waals surface area contributed by atoms with Gasteiger partial charge in [-0.1, -0.05) is 30.3 Å². The van der Waals surface area contributed by atoms with Crippen molar-refractivity contribution in [1.82, 2.24) is 10.3 Å². The smallest absolute Gasteiger partial charge is 0.220 e. The fourth-order valence-electron chi connectivity index (χ4n) is 2.62. The van der Waals surface area contributed by atoms with Gasteiger partial charge in [-0.3, -0.25) is 9.78 Å². The Morgan fingerprint density at radius 3 is 2.55 bits per heavy atom. The lowest BCUT2D eigenvalue weighted by molar-refractivity contribution is -0.121. The van der Waals surface area contributed by atoms with Crippen LogP contribution >= 0.6 is 0 Å². The third kappa shape index (κ3) is 6.92. The van der Waals surface area contributed by atoms with E-state index < -0.39 is 5.82 Å². The predicted molar refractivity (Wildman–Crippen MR) is 108 cm³/mol. The Labute approximate surface area is 169 Å². The maximum absolute atomic E-state index is 13.4. The van der Waals surface area contributed by atoms with E-state index in [0.717, 1.165) is 16.9 Å². The van der Waals surface area contributed by atoms with Crippen molar-refractivity contribution in [3.63, 3.8) is 0 Å². The first-order chi connectivity index (χ1) is 14.2. The molecule has 0 radical (unpaired) electrons. The first-order valence-electron chi connectivity index (χ1n) is 9.45. The van der Waals surface area contributed by atoms with Crippen LogP contribution in [0, 0.1) is 5.82 Å². The summed E-state index contributed by atoms with van der Waals surface area (Å²) in [7, 11) is 0. The highest BCUT2D eigenvalue weighted by molar-refractivity contribution is 5.75. The molecule has 1 aromatic heterocycles. The minimum atomic E-state index is -0.398. The highest BCUT2D eigenvalue weighted by Crippen LogP contribution is 2.16. The summed E-state index contributed by atoms with van der Waals surface area (Å²) >= 11 is 0. The van der Waals surface area contributed by atoms with Crippen LogP contribution in [-0.2, 0) is 17.9 Å². The van der Waals surface area contributed by atoms with Crippen molar-refractivity contribution in [1.29, 1.82) is 0 Å². The lowest BCUT2D eigenvalue weighted by atomic mass is 10.2. The van der Waals surface area contributed by atoms with Gasteiger partial charge >= 0.3 is 0 Å². The molecule has 0 aliphatic heterocycles. The molecule has 3 rings (SSSR count). The van der Waals surface area contributed by atoms with Crippen molar-refractivity contribution >= 4 is 5.91 Å². The molecule has 1 amide bonds. The first-order valence-corrected chi connectivity index (χ1v) is 9.45. The number of rotatable bonds is 10. The highest BCUT2D eigenvalue weighted by atomic mass is 19.1. The maximum Gasteiger partial charge on any atom is 0.220 e. The normalized spacial score (nSPS) is 10.4. The lowest BCUT2D eigenvalue weighted by Crippen LogP contribution is -2.23. The summed E-state index contributed by atoms with van der Waals surface area (Å²) in [5.41, 5.74) is 1.98. The van der Waals surface area contributed by atoms with Crippen molar-refractivity contribution in [3.05, 3.63) is 90.0 Å². The second kappa shape index (κ2) is 10.8. The van der Waals surface area contributed by atoms with Crippen LogP contribution in [0.4, 0.5) is 4.39 Å². The van der Waals surface area contributed by atoms with Gasteiger partial charge in [-0.2, -0.15) is 0 Å². The third-order valence-corrected chi connectivity index (χ3v) is 4.18. The number of nitrogens with one attached hydrogen (secondary N) is 1. The van der Waals surface area contributed by atoms with Crippen LogP contribution in [0.3, 0.4) is 0 Å². The minimum absolute atomic E-state index is 0.0703. The quantitative estimate of drug-likeness (QED) is 0.522. The maximum atomic E-state index is 13.4. The number of benzene rings is 2. The van der Waals surface area contributed by atoms with E-state index in [1.54, 1.807) is 30.6 Å². The molecule has 150 valence electrons. The molecule has 1 N–H and O–H groups in total. The van der Waals surface area contributed by atoms with E-state index in [1.165, 1.54) is 6.07 Å². The third-order valence-electron chi connectivity index (χ3n) is 4.18. The van der Waals surface area contributed by atoms with Crippen LogP contribution in [0.5, 0.6) is 11.5 Å². The molecule has 0 saturated heterocycles. The van der Waals surface area contributed by atoms with Crippen LogP contribution in [0.15, 0.2) is 73.1 Å². The summed E-state index contributed by atoms with van der Waals surface area (Å²) in [5, 5.41) is 2.87. The number of pyridine rings is 1. The number of halogens is 1. The summed E-state index contributed by atoms with van der Waals surface area (Å²) < 4.78 is 24.5. The van der Waals surface area contributed by atoms with E-state index in [1.807, 2.05) is 36.4 Å². The molecular formula is C23H23FN2O3. The molecule has 29 heavy (non-hydrogen) atoms. The van der Waals surface area contributed by atoms with Gasteiger partial charge in [-0.05, 0) is 42.3 Å². The van der Waals surface area contributed by atoms with Crippen molar-refractivity contribution in [3.8, 4) is 11.5 Å². The molecule has 0 unspecified atom stereocenters. The molecule has 0 fully saturated rings. The molecule has 6 heteroatoms. The van der Waals surface area contributed by atoms with Crippen LogP contribution in [0.1, 0.15) is 24.0 Å². The van der Waals surface area contributed by atoms with Gasteiger partial charge < -0.3 is 14.8 Å². The Hall–Kier alpha value is -3.41. The highest BCUT2D eigenvalue weighted by Gasteiger charge is 2.04. The summed E-state index contributed by atoms with van der Waals surface area (Å²) in [5.74, 6) is 0.497. The number of carbonyl (C=O) groups is 1. The van der Waals surface area contributed by atoms with Crippen LogP contribution in [0.2, 0.25) is 0 Å². The monoisotopic (exact) mass is 394 g/mol. The topological polar surface area (TPSA) is 60.5 Å². The van der Waals surface area contributed by atoms with Gasteiger partial charge in [0.2, 0.25) is 5.91 Å². The Bertz CT molecular complexity index is 902. The zero-order valence-corrected chi connectivity index (χ0v) is 16.0. The van der Waals surface area contributed by atoms with Gasteiger partial charge in [0, 0.05) is 30.9 Å². The van der Waals surface area contributed by atoms with E-state index in [4.69, 9.17) is 9.47 Å². The number of aromatic nitrogens is 1. The Kier molecular flexibility index (Phi) is 7.57. The number of nitrogens with zero attached hydrogens (tertiary/aromatic N) is 1. The average molecular weight is 394 g/mol. The van der Waals surface area contributed by atoms with Crippen LogP contribution in [0.25, 0.3) is 0 Å². The first kappa shape index (κ1) is 20.3. The van der Waals surface area contributed by atoms with E-state index in [-0.39, 0.29) is 18.3 Å². The molecule has 2 aromatic carbocycles. The van der Waals surface area contributed by atoms with Gasteiger partial charge in [0.05, 0.1) is 6.61 Å². The average Bonchev–Trinajstić information content (AvgIpc) is 2.76. The molecular weight excluding hydrogens is 371 g/mol. The summed E-state index contributed by atoms with van der Waals surface area (Å²) in [4.78, 5) is 16.0. The Morgan fingerprint density at radius 1 is 0.966 bits per heavy atom. The molecule has 1 heterocycles. The number of ether oxygens (including phenoxy) is 2. The molecule has 0 bridgehead atoms. The summed E-state index contributed by atoms with van der Waals surface area (Å²) in [6, 6.07) is 17.6. The summed E-state index contributed by atoms with van der Waals surface area (Å²) in [6.07, 6.45) is 4.33. The Morgan fingerprint density at radius 2 is 1.79 bits per heavy atom. The molecule has 5 nitrogen and oxygen atoms in total. The van der Waals surface area contributed by atoms with Crippen molar-refractivity contribution in [2.45, 2.75) is 26.0 Å². The van der Waals surface area contributed by atoms with Gasteiger partial charge in [0.25, 0.3) is 0 Å². The zero-order chi connectivity index (χ0) is 20.3. The SMILES string of the molecule is O=C(CCCOc1ccccc1F)NCc1ccc(OCc2cccnc2)cc1. The van der Waals surface area contributed by atoms with E-state index >= 15 is 0 Å². The van der Waals surface area contributed by atoms with Crippen molar-refractivity contribution < 1.29 is 18.7 Å².